The summed E-state index contributed by atoms with van der Waals surface area (Å²) >= 11 is 0. The van der Waals surface area contributed by atoms with Crippen LogP contribution in [0, 0.1) is 13.8 Å². The molecule has 1 aromatic heterocycles. The summed E-state index contributed by atoms with van der Waals surface area (Å²) < 4.78 is 1.95. The standard InChI is InChI=1S/C22H27N5O2/c1-14(2)25-21(28)17-5-6-20-19(12-17)24-13-27(20)8-7-23-22(29)26-18-10-15(3)9-16(4)11-18/h5-6,9-14H,7-8H2,1-4H3,(H,25,28)(H2,23,26,29). The average molecular weight is 393 g/mol. The Bertz CT molecular complexity index is 1020. The van der Waals surface area contributed by atoms with E-state index in [0.29, 0.717) is 18.7 Å². The highest BCUT2D eigenvalue weighted by Crippen LogP contribution is 2.15. The maximum absolute atomic E-state index is 12.1. The number of hydrogen-bond donors (Lipinski definition) is 3. The zero-order valence-corrected chi connectivity index (χ0v) is 17.2. The number of imidazole rings is 1. The fraction of sp³-hybridized carbons (Fsp3) is 0.318. The predicted molar refractivity (Wildman–Crippen MR) is 115 cm³/mol. The zero-order chi connectivity index (χ0) is 21.0. The maximum atomic E-state index is 12.1. The number of carbonyl (C=O) groups excluding carboxylic acids is 2. The summed E-state index contributed by atoms with van der Waals surface area (Å²) in [5.41, 5.74) is 5.24. The highest BCUT2D eigenvalue weighted by atomic mass is 16.2. The average Bonchev–Trinajstić information content (AvgIpc) is 3.02. The lowest BCUT2D eigenvalue weighted by atomic mass is 10.1. The number of anilines is 1. The monoisotopic (exact) mass is 393 g/mol. The van der Waals surface area contributed by atoms with E-state index in [1.165, 1.54) is 0 Å². The molecule has 3 rings (SSSR count). The van der Waals surface area contributed by atoms with Crippen LogP contribution in [0.2, 0.25) is 0 Å². The summed E-state index contributed by atoms with van der Waals surface area (Å²) in [5, 5.41) is 8.59. The number of aromatic nitrogens is 2. The fourth-order valence-corrected chi connectivity index (χ4v) is 3.24. The van der Waals surface area contributed by atoms with E-state index in [-0.39, 0.29) is 18.0 Å². The highest BCUT2D eigenvalue weighted by molar-refractivity contribution is 5.97. The Morgan fingerprint density at radius 1 is 1.07 bits per heavy atom. The van der Waals surface area contributed by atoms with Crippen molar-refractivity contribution in [3.63, 3.8) is 0 Å². The second kappa shape index (κ2) is 8.77. The van der Waals surface area contributed by atoms with E-state index in [2.05, 4.69) is 27.0 Å². The summed E-state index contributed by atoms with van der Waals surface area (Å²) in [7, 11) is 0. The molecule has 2 aromatic carbocycles. The van der Waals surface area contributed by atoms with E-state index in [1.54, 1.807) is 18.5 Å². The number of hydrogen-bond acceptors (Lipinski definition) is 3. The van der Waals surface area contributed by atoms with Crippen molar-refractivity contribution < 1.29 is 9.59 Å². The molecule has 3 aromatic rings. The Morgan fingerprint density at radius 3 is 2.48 bits per heavy atom. The third-order valence-electron chi connectivity index (χ3n) is 4.42. The van der Waals surface area contributed by atoms with Gasteiger partial charge in [0.25, 0.3) is 5.91 Å². The molecule has 3 N–H and O–H groups in total. The number of urea groups is 1. The fourth-order valence-electron chi connectivity index (χ4n) is 3.24. The molecule has 7 nitrogen and oxygen atoms in total. The van der Waals surface area contributed by atoms with Gasteiger partial charge in [-0.3, -0.25) is 4.79 Å². The topological polar surface area (TPSA) is 88.1 Å². The van der Waals surface area contributed by atoms with Crippen LogP contribution >= 0.6 is 0 Å². The van der Waals surface area contributed by atoms with Crippen molar-refractivity contribution in [2.75, 3.05) is 11.9 Å². The van der Waals surface area contributed by atoms with Crippen molar-refractivity contribution in [2.45, 2.75) is 40.3 Å². The highest BCUT2D eigenvalue weighted by Gasteiger charge is 2.10. The minimum absolute atomic E-state index is 0.0803. The van der Waals surface area contributed by atoms with E-state index in [4.69, 9.17) is 0 Å². The largest absolute Gasteiger partial charge is 0.350 e. The number of nitrogens with one attached hydrogen (secondary N) is 3. The maximum Gasteiger partial charge on any atom is 0.319 e. The van der Waals surface area contributed by atoms with Crippen LogP contribution in [0.3, 0.4) is 0 Å². The molecule has 3 amide bonds. The van der Waals surface area contributed by atoms with Gasteiger partial charge in [-0.15, -0.1) is 0 Å². The molecular weight excluding hydrogens is 366 g/mol. The van der Waals surface area contributed by atoms with Gasteiger partial charge in [-0.05, 0) is 69.2 Å². The molecule has 0 aliphatic carbocycles. The van der Waals surface area contributed by atoms with Crippen molar-refractivity contribution in [3.05, 3.63) is 59.4 Å². The van der Waals surface area contributed by atoms with Crippen LogP contribution in [-0.2, 0) is 6.54 Å². The Labute approximate surface area is 170 Å². The Balaban J connectivity index is 1.58. The smallest absolute Gasteiger partial charge is 0.319 e. The molecule has 0 radical (unpaired) electrons. The van der Waals surface area contributed by atoms with Crippen molar-refractivity contribution in [1.82, 2.24) is 20.2 Å². The molecule has 0 spiro atoms. The third-order valence-corrected chi connectivity index (χ3v) is 4.42. The minimum Gasteiger partial charge on any atom is -0.350 e. The Hall–Kier alpha value is -3.35. The normalized spacial score (nSPS) is 10.9. The first-order valence-electron chi connectivity index (χ1n) is 9.71. The number of carbonyl (C=O) groups is 2. The van der Waals surface area contributed by atoms with Crippen LogP contribution < -0.4 is 16.0 Å². The molecule has 1 heterocycles. The van der Waals surface area contributed by atoms with Crippen LogP contribution in [0.1, 0.15) is 35.3 Å². The molecule has 0 saturated heterocycles. The summed E-state index contributed by atoms with van der Waals surface area (Å²) in [6.45, 7) is 8.88. The SMILES string of the molecule is Cc1cc(C)cc(NC(=O)NCCn2cnc3cc(C(=O)NC(C)C)ccc32)c1. The van der Waals surface area contributed by atoms with Crippen LogP contribution in [0.25, 0.3) is 11.0 Å². The van der Waals surface area contributed by atoms with Crippen LogP contribution in [-0.4, -0.2) is 34.1 Å². The molecule has 0 aliphatic heterocycles. The number of benzene rings is 2. The summed E-state index contributed by atoms with van der Waals surface area (Å²) in [6, 6.07) is 11.2. The van der Waals surface area contributed by atoms with E-state index in [0.717, 1.165) is 27.8 Å². The lowest BCUT2D eigenvalue weighted by Crippen LogP contribution is -2.31. The minimum atomic E-state index is -0.243. The summed E-state index contributed by atoms with van der Waals surface area (Å²) in [6.07, 6.45) is 1.72. The first-order valence-corrected chi connectivity index (χ1v) is 9.71. The van der Waals surface area contributed by atoms with E-state index >= 15 is 0 Å². The van der Waals surface area contributed by atoms with Gasteiger partial charge in [0.2, 0.25) is 0 Å². The molecule has 152 valence electrons. The van der Waals surface area contributed by atoms with Crippen LogP contribution in [0.15, 0.2) is 42.7 Å². The zero-order valence-electron chi connectivity index (χ0n) is 17.2. The van der Waals surface area contributed by atoms with Gasteiger partial charge in [-0.2, -0.15) is 0 Å². The van der Waals surface area contributed by atoms with Crippen LogP contribution in [0.4, 0.5) is 10.5 Å². The molecular formula is C22H27N5O2. The lowest BCUT2D eigenvalue weighted by Gasteiger charge is -2.10. The second-order valence-corrected chi connectivity index (χ2v) is 7.53. The molecule has 7 heteroatoms. The van der Waals surface area contributed by atoms with Crippen molar-refractivity contribution in [2.24, 2.45) is 0 Å². The number of aryl methyl sites for hydroxylation is 2. The van der Waals surface area contributed by atoms with Gasteiger partial charge in [0, 0.05) is 30.4 Å². The number of nitrogens with zero attached hydrogens (tertiary/aromatic N) is 2. The first kappa shape index (κ1) is 20.4. The van der Waals surface area contributed by atoms with Crippen molar-refractivity contribution >= 4 is 28.7 Å². The summed E-state index contributed by atoms with van der Waals surface area (Å²) in [5.74, 6) is -0.110. The van der Waals surface area contributed by atoms with Gasteiger partial charge in [0.1, 0.15) is 0 Å². The van der Waals surface area contributed by atoms with Crippen LogP contribution in [0.5, 0.6) is 0 Å². The van der Waals surface area contributed by atoms with Gasteiger partial charge in [0.05, 0.1) is 17.4 Å². The molecule has 29 heavy (non-hydrogen) atoms. The lowest BCUT2D eigenvalue weighted by molar-refractivity contribution is 0.0943. The third kappa shape index (κ3) is 5.34. The Morgan fingerprint density at radius 2 is 1.79 bits per heavy atom. The van der Waals surface area contributed by atoms with Crippen molar-refractivity contribution in [3.8, 4) is 0 Å². The van der Waals surface area contributed by atoms with Gasteiger partial charge in [-0.1, -0.05) is 6.07 Å². The number of fused-ring (bicyclic) bond motifs is 1. The second-order valence-electron chi connectivity index (χ2n) is 7.53. The van der Waals surface area contributed by atoms with Gasteiger partial charge in [0.15, 0.2) is 0 Å². The molecule has 0 saturated carbocycles. The van der Waals surface area contributed by atoms with E-state index in [1.807, 2.05) is 50.5 Å². The molecule has 0 bridgehead atoms. The number of rotatable bonds is 6. The van der Waals surface area contributed by atoms with E-state index in [9.17, 15) is 9.59 Å². The van der Waals surface area contributed by atoms with E-state index < -0.39 is 0 Å². The molecule has 0 fully saturated rings. The molecule has 0 aliphatic rings. The Kier molecular flexibility index (Phi) is 6.16. The first-order chi connectivity index (χ1) is 13.8. The predicted octanol–water partition coefficient (Wildman–Crippen LogP) is 3.61. The van der Waals surface area contributed by atoms with Gasteiger partial charge in [-0.25, -0.2) is 9.78 Å². The molecule has 0 atom stereocenters. The van der Waals surface area contributed by atoms with Gasteiger partial charge >= 0.3 is 6.03 Å². The van der Waals surface area contributed by atoms with Crippen molar-refractivity contribution in [1.29, 1.82) is 0 Å². The van der Waals surface area contributed by atoms with Gasteiger partial charge < -0.3 is 20.5 Å². The molecule has 0 unspecified atom stereocenters. The quantitative estimate of drug-likeness (QED) is 0.598. The summed E-state index contributed by atoms with van der Waals surface area (Å²) in [4.78, 5) is 28.7. The number of amides is 3.